The van der Waals surface area contributed by atoms with Crippen molar-refractivity contribution in [3.05, 3.63) is 83.7 Å². The molecule has 2 aromatic heterocycles. The molecule has 1 amide bonds. The van der Waals surface area contributed by atoms with Crippen molar-refractivity contribution in [3.8, 4) is 17.3 Å². The average molecular weight is 467 g/mol. The molecule has 0 saturated carbocycles. The third-order valence-corrected chi connectivity index (χ3v) is 6.26. The molecule has 35 heavy (non-hydrogen) atoms. The van der Waals surface area contributed by atoms with Gasteiger partial charge in [-0.25, -0.2) is 9.98 Å². The van der Waals surface area contributed by atoms with Crippen molar-refractivity contribution in [2.75, 3.05) is 24.4 Å². The summed E-state index contributed by atoms with van der Waals surface area (Å²) in [5.41, 5.74) is 4.15. The number of methoxy groups -OCH3 is 2. The number of amides is 1. The highest BCUT2D eigenvalue weighted by atomic mass is 16.5. The molecule has 1 atom stereocenters. The quantitative estimate of drug-likeness (QED) is 0.485. The van der Waals surface area contributed by atoms with Crippen molar-refractivity contribution < 1.29 is 14.3 Å². The maximum absolute atomic E-state index is 13.3. The summed E-state index contributed by atoms with van der Waals surface area (Å²) in [5, 5.41) is 7.75. The Hall–Kier alpha value is -4.66. The predicted molar refractivity (Wildman–Crippen MR) is 132 cm³/mol. The fraction of sp³-hybridized carbons (Fsp3) is 0.154. The van der Waals surface area contributed by atoms with Crippen LogP contribution in [-0.2, 0) is 4.79 Å². The van der Waals surface area contributed by atoms with Crippen molar-refractivity contribution in [2.45, 2.75) is 13.0 Å². The Morgan fingerprint density at radius 3 is 2.54 bits per heavy atom. The van der Waals surface area contributed by atoms with E-state index in [4.69, 9.17) is 19.6 Å². The van der Waals surface area contributed by atoms with Crippen molar-refractivity contribution in [1.29, 1.82) is 0 Å². The molecular formula is C26H22N6O3. The van der Waals surface area contributed by atoms with Crippen molar-refractivity contribution >= 4 is 28.9 Å². The molecule has 2 aliphatic heterocycles. The molecule has 9 nitrogen and oxygen atoms in total. The molecule has 0 spiro atoms. The zero-order valence-corrected chi connectivity index (χ0v) is 19.4. The topological polar surface area (TPSA) is 93.9 Å². The number of nitrogens with zero attached hydrogens (tertiary/aromatic N) is 5. The van der Waals surface area contributed by atoms with Crippen molar-refractivity contribution in [2.24, 2.45) is 4.99 Å². The minimum absolute atomic E-state index is 0.285. The third-order valence-electron chi connectivity index (χ3n) is 6.26. The molecule has 2 aliphatic rings. The smallest absolute Gasteiger partial charge is 0.291 e. The van der Waals surface area contributed by atoms with Gasteiger partial charge in [0.15, 0.2) is 23.1 Å². The monoisotopic (exact) mass is 466 g/mol. The molecule has 4 aromatic rings. The Morgan fingerprint density at radius 2 is 1.77 bits per heavy atom. The molecule has 0 fully saturated rings. The fourth-order valence-electron chi connectivity index (χ4n) is 4.72. The summed E-state index contributed by atoms with van der Waals surface area (Å²) in [5.74, 6) is 2.41. The molecule has 0 radical (unpaired) electrons. The SMILES string of the molecule is COc1ccc(C2c3c(C)nn(-c4ccccn4)c3N=C3C(=O)Nc4ccccc4N32)cc1OC. The second-order valence-electron chi connectivity index (χ2n) is 8.22. The summed E-state index contributed by atoms with van der Waals surface area (Å²) >= 11 is 0. The van der Waals surface area contributed by atoms with Gasteiger partial charge in [0.25, 0.3) is 5.91 Å². The number of hydrogen-bond acceptors (Lipinski definition) is 7. The zero-order chi connectivity index (χ0) is 24.1. The molecule has 0 bridgehead atoms. The number of amidine groups is 1. The number of carbonyl (C=O) groups is 1. The van der Waals surface area contributed by atoms with Crippen LogP contribution in [0.2, 0.25) is 0 Å². The first-order valence-electron chi connectivity index (χ1n) is 11.1. The average Bonchev–Trinajstić information content (AvgIpc) is 3.24. The van der Waals surface area contributed by atoms with Gasteiger partial charge in [-0.05, 0) is 48.9 Å². The largest absolute Gasteiger partial charge is 0.493 e. The van der Waals surface area contributed by atoms with Crippen LogP contribution in [0.4, 0.5) is 17.2 Å². The number of aryl methyl sites for hydroxylation is 1. The Kier molecular flexibility index (Phi) is 4.77. The molecule has 1 N–H and O–H groups in total. The van der Waals surface area contributed by atoms with Gasteiger partial charge >= 0.3 is 0 Å². The summed E-state index contributed by atoms with van der Waals surface area (Å²) in [7, 11) is 3.21. The number of rotatable bonds is 4. The van der Waals surface area contributed by atoms with Crippen LogP contribution >= 0.6 is 0 Å². The Balaban J connectivity index is 1.65. The fourth-order valence-corrected chi connectivity index (χ4v) is 4.72. The van der Waals surface area contributed by atoms with Crippen LogP contribution in [0.3, 0.4) is 0 Å². The molecule has 0 saturated heterocycles. The van der Waals surface area contributed by atoms with E-state index in [0.717, 1.165) is 28.2 Å². The molecular weight excluding hydrogens is 444 g/mol. The first-order chi connectivity index (χ1) is 17.1. The van der Waals surface area contributed by atoms with Crippen LogP contribution < -0.4 is 19.7 Å². The van der Waals surface area contributed by atoms with Crippen LogP contribution in [0.1, 0.15) is 22.9 Å². The van der Waals surface area contributed by atoms with Gasteiger partial charge in [0.1, 0.15) is 0 Å². The number of ether oxygens (including phenoxy) is 2. The number of aromatic nitrogens is 3. The molecule has 0 aliphatic carbocycles. The number of hydrogen-bond donors (Lipinski definition) is 1. The maximum Gasteiger partial charge on any atom is 0.291 e. The van der Waals surface area contributed by atoms with E-state index < -0.39 is 0 Å². The van der Waals surface area contributed by atoms with E-state index in [1.165, 1.54) is 0 Å². The Morgan fingerprint density at radius 1 is 0.971 bits per heavy atom. The Labute approximate surface area is 201 Å². The summed E-state index contributed by atoms with van der Waals surface area (Å²) < 4.78 is 12.8. The normalized spacial score (nSPS) is 16.0. The second-order valence-corrected chi connectivity index (χ2v) is 8.22. The number of nitrogens with one attached hydrogen (secondary N) is 1. The van der Waals surface area contributed by atoms with Gasteiger partial charge in [-0.2, -0.15) is 9.78 Å². The number of benzene rings is 2. The van der Waals surface area contributed by atoms with Gasteiger partial charge in [0.2, 0.25) is 5.84 Å². The summed E-state index contributed by atoms with van der Waals surface area (Å²) in [6.07, 6.45) is 1.70. The molecule has 9 heteroatoms. The van der Waals surface area contributed by atoms with Crippen molar-refractivity contribution in [3.63, 3.8) is 0 Å². The zero-order valence-electron chi connectivity index (χ0n) is 19.4. The highest BCUT2D eigenvalue weighted by molar-refractivity contribution is 6.50. The van der Waals surface area contributed by atoms with Gasteiger partial charge < -0.3 is 19.7 Å². The van der Waals surface area contributed by atoms with Gasteiger partial charge in [-0.15, -0.1) is 0 Å². The van der Waals surface area contributed by atoms with Crippen LogP contribution in [0.15, 0.2) is 71.9 Å². The van der Waals surface area contributed by atoms with E-state index in [-0.39, 0.29) is 17.8 Å². The van der Waals surface area contributed by atoms with Gasteiger partial charge in [0, 0.05) is 11.8 Å². The molecule has 2 aromatic carbocycles. The van der Waals surface area contributed by atoms with Gasteiger partial charge in [-0.1, -0.05) is 24.3 Å². The Bertz CT molecular complexity index is 1490. The molecule has 174 valence electrons. The summed E-state index contributed by atoms with van der Waals surface area (Å²) in [6.45, 7) is 1.95. The minimum Gasteiger partial charge on any atom is -0.493 e. The first-order valence-corrected chi connectivity index (χ1v) is 11.1. The van der Waals surface area contributed by atoms with Crippen LogP contribution in [0.5, 0.6) is 11.5 Å². The van der Waals surface area contributed by atoms with Gasteiger partial charge in [0.05, 0.1) is 37.3 Å². The third kappa shape index (κ3) is 3.16. The van der Waals surface area contributed by atoms with E-state index >= 15 is 0 Å². The lowest BCUT2D eigenvalue weighted by molar-refractivity contribution is -0.110. The number of para-hydroxylation sites is 2. The van der Waals surface area contributed by atoms with Gasteiger partial charge in [-0.3, -0.25) is 4.79 Å². The van der Waals surface area contributed by atoms with E-state index in [9.17, 15) is 4.79 Å². The minimum atomic E-state index is -0.387. The van der Waals surface area contributed by atoms with E-state index in [0.29, 0.717) is 23.1 Å². The van der Waals surface area contributed by atoms with Crippen LogP contribution in [0, 0.1) is 6.92 Å². The number of aliphatic imine (C=N–C) groups is 1. The molecule has 6 rings (SSSR count). The summed E-state index contributed by atoms with van der Waals surface area (Å²) in [6, 6.07) is 18.7. The highest BCUT2D eigenvalue weighted by Gasteiger charge is 2.42. The van der Waals surface area contributed by atoms with Crippen LogP contribution in [0.25, 0.3) is 5.82 Å². The van der Waals surface area contributed by atoms with Crippen molar-refractivity contribution in [1.82, 2.24) is 14.8 Å². The lowest BCUT2D eigenvalue weighted by atomic mass is 9.93. The predicted octanol–water partition coefficient (Wildman–Crippen LogP) is 4.18. The number of anilines is 2. The lowest BCUT2D eigenvalue weighted by Gasteiger charge is -2.40. The maximum atomic E-state index is 13.3. The molecule has 4 heterocycles. The van der Waals surface area contributed by atoms with Crippen LogP contribution in [-0.4, -0.2) is 40.7 Å². The lowest BCUT2D eigenvalue weighted by Crippen LogP contribution is -2.48. The second kappa shape index (κ2) is 7.98. The number of carbonyl (C=O) groups excluding carboxylic acids is 1. The number of pyridine rings is 1. The standard InChI is InChI=1S/C26H22N6O3/c1-15-22-23(16-11-12-19(34-2)20(14-16)35-3)31-18-9-5-4-8-17(18)28-26(33)25(31)29-24(22)32(30-15)21-10-6-7-13-27-21/h4-14,23H,1-3H3,(H,28,33). The summed E-state index contributed by atoms with van der Waals surface area (Å²) in [4.78, 5) is 24.5. The number of fused-ring (bicyclic) bond motifs is 4. The molecule has 1 unspecified atom stereocenters. The van der Waals surface area contributed by atoms with E-state index in [1.807, 2.05) is 72.5 Å². The van der Waals surface area contributed by atoms with E-state index in [2.05, 4.69) is 10.3 Å². The first kappa shape index (κ1) is 20.9. The van der Waals surface area contributed by atoms with E-state index in [1.54, 1.807) is 25.1 Å². The highest BCUT2D eigenvalue weighted by Crippen LogP contribution is 2.48.